The number of methoxy groups -OCH3 is 1. The summed E-state index contributed by atoms with van der Waals surface area (Å²) in [5.41, 5.74) is -0.167. The fourth-order valence-electron chi connectivity index (χ4n) is 1.94. The molecule has 1 unspecified atom stereocenters. The van der Waals surface area contributed by atoms with Gasteiger partial charge in [-0.3, -0.25) is 9.69 Å². The number of aliphatic hydroxyl groups is 1. The summed E-state index contributed by atoms with van der Waals surface area (Å²) in [6, 6.07) is 6.79. The standard InChI is InChI=1S/C15H23NO3/c1-11(16(4)10-15(2,3)18)14(17)12-6-8-13(19-5)9-7-12/h6-9,11,18H,10H2,1-5H3. The topological polar surface area (TPSA) is 49.8 Å². The van der Waals surface area contributed by atoms with Crippen molar-refractivity contribution in [2.45, 2.75) is 32.4 Å². The van der Waals surface area contributed by atoms with Crippen LogP contribution in [-0.4, -0.2) is 48.1 Å². The largest absolute Gasteiger partial charge is 0.497 e. The highest BCUT2D eigenvalue weighted by atomic mass is 16.5. The summed E-state index contributed by atoms with van der Waals surface area (Å²) in [6.45, 7) is 5.75. The molecule has 19 heavy (non-hydrogen) atoms. The van der Waals surface area contributed by atoms with E-state index in [1.807, 2.05) is 18.9 Å². The molecule has 1 rings (SSSR count). The Morgan fingerprint density at radius 1 is 1.37 bits per heavy atom. The van der Waals surface area contributed by atoms with Crippen molar-refractivity contribution >= 4 is 5.78 Å². The van der Waals surface area contributed by atoms with Crippen molar-refractivity contribution in [1.29, 1.82) is 0 Å². The van der Waals surface area contributed by atoms with Crippen molar-refractivity contribution in [3.8, 4) is 5.75 Å². The quantitative estimate of drug-likeness (QED) is 0.799. The summed E-state index contributed by atoms with van der Waals surface area (Å²) in [4.78, 5) is 14.2. The summed E-state index contributed by atoms with van der Waals surface area (Å²) < 4.78 is 5.07. The fraction of sp³-hybridized carbons (Fsp3) is 0.533. The van der Waals surface area contributed by atoms with Crippen LogP contribution < -0.4 is 4.74 Å². The maximum absolute atomic E-state index is 12.3. The number of ether oxygens (including phenoxy) is 1. The molecule has 0 heterocycles. The van der Waals surface area contributed by atoms with Gasteiger partial charge in [0.2, 0.25) is 0 Å². The molecular formula is C15H23NO3. The number of nitrogens with zero attached hydrogens (tertiary/aromatic N) is 1. The number of hydrogen-bond acceptors (Lipinski definition) is 4. The van der Waals surface area contributed by atoms with E-state index in [1.165, 1.54) is 0 Å². The minimum atomic E-state index is -0.816. The highest BCUT2D eigenvalue weighted by Gasteiger charge is 2.24. The highest BCUT2D eigenvalue weighted by Crippen LogP contribution is 2.15. The van der Waals surface area contributed by atoms with E-state index in [2.05, 4.69) is 0 Å². The van der Waals surface area contributed by atoms with E-state index < -0.39 is 5.60 Å². The van der Waals surface area contributed by atoms with Crippen molar-refractivity contribution in [1.82, 2.24) is 4.90 Å². The molecule has 1 aromatic rings. The molecule has 0 aliphatic carbocycles. The van der Waals surface area contributed by atoms with Crippen molar-refractivity contribution in [2.75, 3.05) is 20.7 Å². The molecule has 0 aliphatic heterocycles. The van der Waals surface area contributed by atoms with Crippen LogP contribution in [0.3, 0.4) is 0 Å². The minimum Gasteiger partial charge on any atom is -0.497 e. The van der Waals surface area contributed by atoms with Crippen LogP contribution in [0.1, 0.15) is 31.1 Å². The zero-order valence-corrected chi connectivity index (χ0v) is 12.3. The Morgan fingerprint density at radius 3 is 2.32 bits per heavy atom. The van der Waals surface area contributed by atoms with Crippen LogP contribution in [0.2, 0.25) is 0 Å². The number of Topliss-reactive ketones (excluding diaryl/α,β-unsaturated/α-hetero) is 1. The molecule has 0 saturated carbocycles. The number of likely N-dealkylation sites (N-methyl/N-ethyl adjacent to an activating group) is 1. The monoisotopic (exact) mass is 265 g/mol. The average Bonchev–Trinajstić information content (AvgIpc) is 2.35. The van der Waals surface area contributed by atoms with Crippen LogP contribution in [0.4, 0.5) is 0 Å². The zero-order chi connectivity index (χ0) is 14.6. The second kappa shape index (κ2) is 6.17. The predicted octanol–water partition coefficient (Wildman–Crippen LogP) is 1.97. The summed E-state index contributed by atoms with van der Waals surface area (Å²) in [5, 5.41) is 9.79. The van der Waals surface area contributed by atoms with Gasteiger partial charge in [0.25, 0.3) is 0 Å². The third-order valence-corrected chi connectivity index (χ3v) is 3.05. The normalized spacial score (nSPS) is 13.4. The summed E-state index contributed by atoms with van der Waals surface area (Å²) in [7, 11) is 3.43. The Bertz CT molecular complexity index is 420. The maximum Gasteiger partial charge on any atom is 0.179 e. The molecule has 0 bridgehead atoms. The van der Waals surface area contributed by atoms with Crippen LogP contribution >= 0.6 is 0 Å². The summed E-state index contributed by atoms with van der Waals surface area (Å²) >= 11 is 0. The molecule has 0 fully saturated rings. The Morgan fingerprint density at radius 2 is 1.89 bits per heavy atom. The van der Waals surface area contributed by atoms with Crippen LogP contribution in [0.5, 0.6) is 5.75 Å². The van der Waals surface area contributed by atoms with Gasteiger partial charge in [0, 0.05) is 12.1 Å². The van der Waals surface area contributed by atoms with Crippen LogP contribution in [-0.2, 0) is 0 Å². The predicted molar refractivity (Wildman–Crippen MR) is 75.7 cm³/mol. The molecule has 4 nitrogen and oxygen atoms in total. The lowest BCUT2D eigenvalue weighted by Gasteiger charge is -2.29. The van der Waals surface area contributed by atoms with E-state index in [0.29, 0.717) is 12.1 Å². The maximum atomic E-state index is 12.3. The molecule has 0 aliphatic rings. The van der Waals surface area contributed by atoms with Gasteiger partial charge >= 0.3 is 0 Å². The van der Waals surface area contributed by atoms with Gasteiger partial charge in [-0.2, -0.15) is 0 Å². The Kier molecular flexibility index (Phi) is 5.09. The van der Waals surface area contributed by atoms with Gasteiger partial charge in [0.1, 0.15) is 5.75 Å². The molecule has 1 N–H and O–H groups in total. The number of ketones is 1. The lowest BCUT2D eigenvalue weighted by atomic mass is 10.0. The van der Waals surface area contributed by atoms with Gasteiger partial charge in [-0.25, -0.2) is 0 Å². The lowest BCUT2D eigenvalue weighted by molar-refractivity contribution is 0.0330. The van der Waals surface area contributed by atoms with Gasteiger partial charge in [0.05, 0.1) is 18.8 Å². The third-order valence-electron chi connectivity index (χ3n) is 3.05. The van der Waals surface area contributed by atoms with Gasteiger partial charge in [-0.1, -0.05) is 0 Å². The Hall–Kier alpha value is -1.39. The van der Waals surface area contributed by atoms with E-state index in [-0.39, 0.29) is 11.8 Å². The molecule has 106 valence electrons. The first-order valence-electron chi connectivity index (χ1n) is 6.35. The second-order valence-corrected chi connectivity index (χ2v) is 5.50. The van der Waals surface area contributed by atoms with E-state index >= 15 is 0 Å². The number of hydrogen-bond donors (Lipinski definition) is 1. The number of carbonyl (C=O) groups is 1. The SMILES string of the molecule is COc1ccc(C(=O)C(C)N(C)CC(C)(C)O)cc1. The number of carbonyl (C=O) groups excluding carboxylic acids is 1. The fourth-order valence-corrected chi connectivity index (χ4v) is 1.94. The third kappa shape index (κ3) is 4.65. The van der Waals surface area contributed by atoms with Crippen molar-refractivity contribution in [3.05, 3.63) is 29.8 Å². The van der Waals surface area contributed by atoms with Gasteiger partial charge in [-0.05, 0) is 52.1 Å². The molecule has 0 amide bonds. The van der Waals surface area contributed by atoms with E-state index in [0.717, 1.165) is 5.75 Å². The van der Waals surface area contributed by atoms with Gasteiger partial charge in [-0.15, -0.1) is 0 Å². The first-order chi connectivity index (χ1) is 8.74. The number of benzene rings is 1. The van der Waals surface area contributed by atoms with E-state index in [9.17, 15) is 9.90 Å². The zero-order valence-electron chi connectivity index (χ0n) is 12.3. The Labute approximate surface area is 115 Å². The highest BCUT2D eigenvalue weighted by molar-refractivity contribution is 5.99. The second-order valence-electron chi connectivity index (χ2n) is 5.50. The van der Waals surface area contributed by atoms with Gasteiger partial charge in [0.15, 0.2) is 5.78 Å². The van der Waals surface area contributed by atoms with E-state index in [4.69, 9.17) is 4.74 Å². The van der Waals surface area contributed by atoms with Crippen molar-refractivity contribution in [3.63, 3.8) is 0 Å². The average molecular weight is 265 g/mol. The first-order valence-corrected chi connectivity index (χ1v) is 6.35. The molecule has 4 heteroatoms. The summed E-state index contributed by atoms with van der Waals surface area (Å²) in [5.74, 6) is 0.767. The summed E-state index contributed by atoms with van der Waals surface area (Å²) in [6.07, 6.45) is 0. The Balaban J connectivity index is 2.75. The molecule has 0 aromatic heterocycles. The smallest absolute Gasteiger partial charge is 0.179 e. The molecule has 0 radical (unpaired) electrons. The molecule has 1 aromatic carbocycles. The molecule has 1 atom stereocenters. The van der Waals surface area contributed by atoms with E-state index in [1.54, 1.807) is 45.2 Å². The molecular weight excluding hydrogens is 242 g/mol. The first kappa shape index (κ1) is 15.7. The lowest BCUT2D eigenvalue weighted by Crippen LogP contribution is -2.44. The van der Waals surface area contributed by atoms with Crippen LogP contribution in [0, 0.1) is 0 Å². The number of rotatable bonds is 6. The van der Waals surface area contributed by atoms with Crippen LogP contribution in [0.25, 0.3) is 0 Å². The van der Waals surface area contributed by atoms with Crippen molar-refractivity contribution in [2.24, 2.45) is 0 Å². The van der Waals surface area contributed by atoms with Crippen LogP contribution in [0.15, 0.2) is 24.3 Å². The minimum absolute atomic E-state index is 0.0365. The van der Waals surface area contributed by atoms with Crippen molar-refractivity contribution < 1.29 is 14.6 Å². The van der Waals surface area contributed by atoms with Gasteiger partial charge < -0.3 is 9.84 Å². The molecule has 0 spiro atoms. The molecule has 0 saturated heterocycles.